The number of morpholine rings is 1. The number of halogens is 2. The molecule has 0 radical (unpaired) electrons. The maximum absolute atomic E-state index is 12.2. The molecular formula is C17H27Cl2N3O2. The fourth-order valence-corrected chi connectivity index (χ4v) is 3.41. The molecule has 0 bridgehead atoms. The van der Waals surface area contributed by atoms with Gasteiger partial charge in [0.05, 0.1) is 12.7 Å². The lowest BCUT2D eigenvalue weighted by atomic mass is 10.1. The number of benzene rings is 1. The number of carbonyl (C=O) groups is 1. The quantitative estimate of drug-likeness (QED) is 0.841. The van der Waals surface area contributed by atoms with Gasteiger partial charge in [0.1, 0.15) is 6.04 Å². The third-order valence-corrected chi connectivity index (χ3v) is 4.60. The van der Waals surface area contributed by atoms with Crippen molar-refractivity contribution in [3.63, 3.8) is 0 Å². The van der Waals surface area contributed by atoms with Crippen LogP contribution < -0.4 is 15.5 Å². The largest absolute Gasteiger partial charge is 0.375 e. The SMILES string of the molecule is CC1Cc2ccccc2N1CCNC(=O)[C@H]1NCCO[C@@H]1C.Cl.Cl. The minimum absolute atomic E-state index is 0. The number of rotatable bonds is 4. The van der Waals surface area contributed by atoms with Crippen LogP contribution in [0.5, 0.6) is 0 Å². The summed E-state index contributed by atoms with van der Waals surface area (Å²) in [6, 6.07) is 8.77. The predicted octanol–water partition coefficient (Wildman–Crippen LogP) is 1.77. The van der Waals surface area contributed by atoms with Gasteiger partial charge in [-0.15, -0.1) is 24.8 Å². The number of ether oxygens (including phenoxy) is 1. The van der Waals surface area contributed by atoms with Gasteiger partial charge in [-0.05, 0) is 31.9 Å². The fourth-order valence-electron chi connectivity index (χ4n) is 3.41. The van der Waals surface area contributed by atoms with Crippen LogP contribution in [0.15, 0.2) is 24.3 Å². The van der Waals surface area contributed by atoms with Gasteiger partial charge < -0.3 is 20.3 Å². The van der Waals surface area contributed by atoms with Crippen molar-refractivity contribution in [3.05, 3.63) is 29.8 Å². The van der Waals surface area contributed by atoms with Gasteiger partial charge in [-0.25, -0.2) is 0 Å². The number of anilines is 1. The van der Waals surface area contributed by atoms with Gasteiger partial charge >= 0.3 is 0 Å². The first-order chi connectivity index (χ1) is 10.7. The minimum Gasteiger partial charge on any atom is -0.375 e. The molecule has 0 saturated carbocycles. The molecule has 3 rings (SSSR count). The van der Waals surface area contributed by atoms with Crippen LogP contribution in [0, 0.1) is 0 Å². The van der Waals surface area contributed by atoms with E-state index < -0.39 is 0 Å². The first-order valence-corrected chi connectivity index (χ1v) is 8.14. The third kappa shape index (κ3) is 4.54. The number of nitrogens with zero attached hydrogens (tertiary/aromatic N) is 1. The van der Waals surface area contributed by atoms with Crippen molar-refractivity contribution in [2.45, 2.75) is 38.5 Å². The molecule has 1 aromatic rings. The van der Waals surface area contributed by atoms with Crippen molar-refractivity contribution in [2.75, 3.05) is 31.1 Å². The Kier molecular flexibility index (Phi) is 8.30. The van der Waals surface area contributed by atoms with E-state index in [-0.39, 0.29) is 42.9 Å². The Morgan fingerprint density at radius 3 is 2.83 bits per heavy atom. The maximum atomic E-state index is 12.2. The van der Waals surface area contributed by atoms with Crippen LogP contribution in [0.1, 0.15) is 19.4 Å². The highest BCUT2D eigenvalue weighted by molar-refractivity contribution is 5.85. The zero-order valence-electron chi connectivity index (χ0n) is 14.2. The summed E-state index contributed by atoms with van der Waals surface area (Å²) in [7, 11) is 0. The van der Waals surface area contributed by atoms with Gasteiger partial charge in [-0.3, -0.25) is 4.79 Å². The van der Waals surface area contributed by atoms with Crippen LogP contribution in [0.4, 0.5) is 5.69 Å². The lowest BCUT2D eigenvalue weighted by Gasteiger charge is -2.30. The summed E-state index contributed by atoms with van der Waals surface area (Å²) in [6.07, 6.45) is 1.01. The van der Waals surface area contributed by atoms with Gasteiger partial charge in [0.15, 0.2) is 0 Å². The lowest BCUT2D eigenvalue weighted by Crippen LogP contribution is -2.56. The van der Waals surface area contributed by atoms with Crippen molar-refractivity contribution >= 4 is 36.4 Å². The average molecular weight is 376 g/mol. The normalized spacial score (nSPS) is 25.2. The van der Waals surface area contributed by atoms with Crippen molar-refractivity contribution in [2.24, 2.45) is 0 Å². The summed E-state index contributed by atoms with van der Waals surface area (Å²) in [4.78, 5) is 14.6. The van der Waals surface area contributed by atoms with Crippen LogP contribution in [0.2, 0.25) is 0 Å². The van der Waals surface area contributed by atoms with Gasteiger partial charge in [0.25, 0.3) is 0 Å². The van der Waals surface area contributed by atoms with Crippen molar-refractivity contribution in [1.29, 1.82) is 0 Å². The summed E-state index contributed by atoms with van der Waals surface area (Å²) >= 11 is 0. The third-order valence-electron chi connectivity index (χ3n) is 4.60. The second-order valence-electron chi connectivity index (χ2n) is 6.17. The predicted molar refractivity (Wildman–Crippen MR) is 102 cm³/mol. The van der Waals surface area contributed by atoms with Gasteiger partial charge in [-0.1, -0.05) is 18.2 Å². The molecule has 0 spiro atoms. The van der Waals surface area contributed by atoms with Crippen molar-refractivity contribution < 1.29 is 9.53 Å². The molecule has 0 aliphatic carbocycles. The molecule has 7 heteroatoms. The molecule has 1 saturated heterocycles. The van der Waals surface area contributed by atoms with E-state index in [4.69, 9.17) is 4.74 Å². The summed E-state index contributed by atoms with van der Waals surface area (Å²) in [5.74, 6) is 0.0346. The Morgan fingerprint density at radius 2 is 2.08 bits per heavy atom. The molecule has 1 fully saturated rings. The second kappa shape index (κ2) is 9.47. The summed E-state index contributed by atoms with van der Waals surface area (Å²) in [6.45, 7) is 7.08. The molecule has 2 aliphatic rings. The molecule has 0 aromatic heterocycles. The Bertz CT molecular complexity index is 544. The molecule has 136 valence electrons. The van der Waals surface area contributed by atoms with E-state index >= 15 is 0 Å². The Labute approximate surface area is 156 Å². The van der Waals surface area contributed by atoms with E-state index in [1.807, 2.05) is 6.92 Å². The summed E-state index contributed by atoms with van der Waals surface area (Å²) < 4.78 is 5.52. The molecule has 2 N–H and O–H groups in total. The zero-order valence-corrected chi connectivity index (χ0v) is 15.8. The monoisotopic (exact) mass is 375 g/mol. The number of hydrogen-bond acceptors (Lipinski definition) is 4. The van der Waals surface area contributed by atoms with Gasteiger partial charge in [0, 0.05) is 31.4 Å². The summed E-state index contributed by atoms with van der Waals surface area (Å²) in [5.41, 5.74) is 2.70. The maximum Gasteiger partial charge on any atom is 0.239 e. The Morgan fingerprint density at radius 1 is 1.33 bits per heavy atom. The lowest BCUT2D eigenvalue weighted by molar-refractivity contribution is -0.128. The standard InChI is InChI=1S/C17H25N3O2.2ClH/c1-12-11-14-5-3-4-6-15(14)20(12)9-7-19-17(21)16-13(2)22-10-8-18-16;;/h3-6,12-13,16,18H,7-11H2,1-2H3,(H,19,21);2*1H/t12?,13-,16+;;/m1../s1. The second-order valence-corrected chi connectivity index (χ2v) is 6.17. The van der Waals surface area contributed by atoms with Crippen LogP contribution in [0.3, 0.4) is 0 Å². The molecule has 24 heavy (non-hydrogen) atoms. The minimum atomic E-state index is -0.239. The van der Waals surface area contributed by atoms with E-state index in [1.165, 1.54) is 11.3 Å². The molecule has 1 amide bonds. The highest BCUT2D eigenvalue weighted by Crippen LogP contribution is 2.31. The Balaban J connectivity index is 0.00000144. The zero-order chi connectivity index (χ0) is 15.5. The van der Waals surface area contributed by atoms with Crippen LogP contribution in [-0.2, 0) is 16.0 Å². The highest BCUT2D eigenvalue weighted by atomic mass is 35.5. The van der Waals surface area contributed by atoms with Gasteiger partial charge in [0.2, 0.25) is 5.91 Å². The molecule has 5 nitrogen and oxygen atoms in total. The van der Waals surface area contributed by atoms with E-state index in [9.17, 15) is 4.79 Å². The summed E-state index contributed by atoms with van der Waals surface area (Å²) in [5, 5.41) is 6.26. The Hall–Kier alpha value is -1.01. The highest BCUT2D eigenvalue weighted by Gasteiger charge is 2.29. The topological polar surface area (TPSA) is 53.6 Å². The first-order valence-electron chi connectivity index (χ1n) is 8.14. The van der Waals surface area contributed by atoms with E-state index in [1.54, 1.807) is 0 Å². The molecule has 1 unspecified atom stereocenters. The molecule has 3 atom stereocenters. The van der Waals surface area contributed by atoms with Gasteiger partial charge in [-0.2, -0.15) is 0 Å². The van der Waals surface area contributed by atoms with Crippen LogP contribution >= 0.6 is 24.8 Å². The number of amides is 1. The number of hydrogen-bond donors (Lipinski definition) is 2. The van der Waals surface area contributed by atoms with E-state index in [0.29, 0.717) is 19.2 Å². The smallest absolute Gasteiger partial charge is 0.239 e. The van der Waals surface area contributed by atoms with Crippen molar-refractivity contribution in [1.82, 2.24) is 10.6 Å². The van der Waals surface area contributed by atoms with Crippen LogP contribution in [-0.4, -0.2) is 50.3 Å². The number of fused-ring (bicyclic) bond motifs is 1. The van der Waals surface area contributed by atoms with Crippen molar-refractivity contribution in [3.8, 4) is 0 Å². The van der Waals surface area contributed by atoms with E-state index in [0.717, 1.165) is 19.5 Å². The fraction of sp³-hybridized carbons (Fsp3) is 0.588. The molecular weight excluding hydrogens is 349 g/mol. The molecule has 1 aromatic carbocycles. The first kappa shape index (κ1) is 21.0. The number of para-hydroxylation sites is 1. The van der Waals surface area contributed by atoms with Crippen LogP contribution in [0.25, 0.3) is 0 Å². The molecule has 2 heterocycles. The average Bonchev–Trinajstić information content (AvgIpc) is 2.83. The van der Waals surface area contributed by atoms with E-state index in [2.05, 4.69) is 46.7 Å². The number of nitrogens with one attached hydrogen (secondary N) is 2. The number of carbonyl (C=O) groups excluding carboxylic acids is 1. The molecule has 2 aliphatic heterocycles.